The van der Waals surface area contributed by atoms with Gasteiger partial charge in [-0.15, -0.1) is 22.1 Å². The molecule has 48 heavy (non-hydrogen) atoms. The molecule has 0 saturated heterocycles. The molecular formula is C34H31N4Na3O6Zn. The maximum absolute atomic E-state index is 12.5. The number of carboxylic acid groups (broad SMARTS) is 3. The van der Waals surface area contributed by atoms with E-state index in [0.717, 1.165) is 22.3 Å². The third-order valence-electron chi connectivity index (χ3n) is 8.76. The van der Waals surface area contributed by atoms with E-state index in [1.165, 1.54) is 0 Å². The van der Waals surface area contributed by atoms with E-state index in [1.54, 1.807) is 25.1 Å². The van der Waals surface area contributed by atoms with Crippen molar-refractivity contribution in [3.05, 3.63) is 75.4 Å². The number of fused-ring (bicyclic) bond motifs is 8. The second-order valence-electron chi connectivity index (χ2n) is 11.3. The molecule has 0 fully saturated rings. The van der Waals surface area contributed by atoms with Gasteiger partial charge in [-0.3, -0.25) is 4.98 Å². The van der Waals surface area contributed by atoms with Gasteiger partial charge in [-0.1, -0.05) is 55.8 Å². The van der Waals surface area contributed by atoms with Gasteiger partial charge in [0.05, 0.1) is 17.4 Å². The van der Waals surface area contributed by atoms with E-state index in [9.17, 15) is 29.7 Å². The largest absolute Gasteiger partial charge is 2.00 e. The smallest absolute Gasteiger partial charge is 0.657 e. The molecule has 0 amide bonds. The first-order chi connectivity index (χ1) is 20.9. The zero-order chi connectivity index (χ0) is 32.0. The molecule has 3 aromatic heterocycles. The van der Waals surface area contributed by atoms with Gasteiger partial charge in [-0.25, -0.2) is 4.98 Å². The first kappa shape index (κ1) is 44.7. The number of hydrogen-bond acceptors (Lipinski definition) is 8. The predicted molar refractivity (Wildman–Crippen MR) is 160 cm³/mol. The third kappa shape index (κ3) is 8.56. The van der Waals surface area contributed by atoms with Crippen molar-refractivity contribution in [2.75, 3.05) is 0 Å². The van der Waals surface area contributed by atoms with Crippen LogP contribution >= 0.6 is 0 Å². The standard InChI is InChI=1S/C34H36N4O6.3Na.Zn/c1-7-19-15(3)23-12-25-17(5)21(9-10-29(39)40)32(37-25)22(11-30(41)42)33-31(34(43)44)18(6)26(38-33)14-28-20(8-2)16(4)24(36-28)13-27(19)35-23;;;;/h7,12-14,17,21H,1,8-11H2,2-6H3,(H5,35,36,37,38,39,40,41,42,43,44);;;;/q;3*+1;+2/p-5/t17-,21-;;;;/m0..../s1. The summed E-state index contributed by atoms with van der Waals surface area (Å²) < 4.78 is 0. The van der Waals surface area contributed by atoms with Crippen LogP contribution in [0.2, 0.25) is 0 Å². The van der Waals surface area contributed by atoms with Crippen LogP contribution in [0.25, 0.3) is 39.3 Å². The first-order valence-electron chi connectivity index (χ1n) is 14.5. The summed E-state index contributed by atoms with van der Waals surface area (Å²) in [6, 6.07) is 5.38. The van der Waals surface area contributed by atoms with Crippen LogP contribution in [0.3, 0.4) is 0 Å². The number of carbonyl (C=O) groups is 3. The fourth-order valence-electron chi connectivity index (χ4n) is 6.34. The summed E-state index contributed by atoms with van der Waals surface area (Å²) >= 11 is 0. The third-order valence-corrected chi connectivity index (χ3v) is 8.76. The van der Waals surface area contributed by atoms with Crippen LogP contribution in [0.5, 0.6) is 0 Å². The van der Waals surface area contributed by atoms with Gasteiger partial charge in [0.1, 0.15) is 0 Å². The average molecular weight is 726 g/mol. The Hall–Kier alpha value is -1.37. The Morgan fingerprint density at radius 3 is 2.08 bits per heavy atom. The minimum absolute atomic E-state index is 0. The number of allylic oxidation sites excluding steroid dienone is 2. The molecule has 14 heteroatoms. The van der Waals surface area contributed by atoms with Crippen molar-refractivity contribution in [1.29, 1.82) is 0 Å². The number of aliphatic carboxylic acids is 2. The Morgan fingerprint density at radius 2 is 1.52 bits per heavy atom. The first-order valence-corrected chi connectivity index (χ1v) is 14.5. The van der Waals surface area contributed by atoms with Gasteiger partial charge >= 0.3 is 108 Å². The molecule has 2 atom stereocenters. The number of carboxylic acids is 3. The Morgan fingerprint density at radius 1 is 0.896 bits per heavy atom. The summed E-state index contributed by atoms with van der Waals surface area (Å²) in [6.07, 6.45) is 1.46. The molecule has 3 aromatic rings. The van der Waals surface area contributed by atoms with Crippen molar-refractivity contribution in [3.8, 4) is 0 Å². The summed E-state index contributed by atoms with van der Waals surface area (Å²) in [7, 11) is 0. The molecule has 0 unspecified atom stereocenters. The summed E-state index contributed by atoms with van der Waals surface area (Å²) in [5.74, 6) is -5.20. The molecule has 8 bridgehead atoms. The van der Waals surface area contributed by atoms with Crippen molar-refractivity contribution < 1.29 is 138 Å². The molecule has 0 spiro atoms. The maximum Gasteiger partial charge on any atom is 2.00 e. The Balaban J connectivity index is 0.00000288. The molecule has 0 aromatic carbocycles. The second kappa shape index (κ2) is 18.2. The number of aromatic nitrogens is 4. The van der Waals surface area contributed by atoms with E-state index < -0.39 is 30.2 Å². The topological polar surface area (TPSA) is 174 Å². The van der Waals surface area contributed by atoms with Gasteiger partial charge in [0, 0.05) is 41.6 Å². The minimum Gasteiger partial charge on any atom is -0.657 e. The van der Waals surface area contributed by atoms with Crippen LogP contribution in [-0.2, 0) is 35.5 Å². The molecule has 2 aliphatic rings. The zero-order valence-corrected chi connectivity index (χ0v) is 37.9. The van der Waals surface area contributed by atoms with Crippen LogP contribution in [0.15, 0.2) is 24.8 Å². The molecule has 5 heterocycles. The van der Waals surface area contributed by atoms with Crippen molar-refractivity contribution in [2.45, 2.75) is 72.1 Å². The number of nitrogens with zero attached hydrogens (tertiary/aromatic N) is 4. The van der Waals surface area contributed by atoms with Crippen LogP contribution in [-0.4, -0.2) is 27.9 Å². The van der Waals surface area contributed by atoms with Gasteiger partial charge in [-0.05, 0) is 67.9 Å². The van der Waals surface area contributed by atoms with E-state index in [4.69, 9.17) is 15.0 Å². The van der Waals surface area contributed by atoms with Crippen molar-refractivity contribution in [3.63, 3.8) is 0 Å². The van der Waals surface area contributed by atoms with Gasteiger partial charge in [-0.2, -0.15) is 0 Å². The number of aryl methyl sites for hydroxylation is 2. The Labute approximate surface area is 358 Å². The quantitative estimate of drug-likeness (QED) is 0.203. The van der Waals surface area contributed by atoms with E-state index in [2.05, 4.69) is 11.6 Å². The Bertz CT molecular complexity index is 1970. The SMILES string of the molecule is C=Cc1c(C)c2cc3nc(c(CC(=O)[O-])c4[n-]c(cc5nc(cc1[n-]2)C(C)=C5CC)c(C)c4C(=O)[O-])[C@@H](CCC(=O)[O-])[C@@H]3C.[Na+].[Na+].[Na+].[Zn+2]. The molecular weight excluding hydrogens is 695 g/mol. The van der Waals surface area contributed by atoms with Crippen LogP contribution in [0.4, 0.5) is 0 Å². The normalized spacial score (nSPS) is 14.9. The molecule has 0 radical (unpaired) electrons. The number of hydrogen-bond donors (Lipinski definition) is 0. The van der Waals surface area contributed by atoms with Crippen molar-refractivity contribution in [2.24, 2.45) is 0 Å². The van der Waals surface area contributed by atoms with Crippen LogP contribution < -0.4 is 114 Å². The fraction of sp³-hybridized carbons (Fsp3) is 0.324. The molecule has 0 saturated carbocycles. The van der Waals surface area contributed by atoms with E-state index in [-0.39, 0.29) is 155 Å². The Kier molecular flexibility index (Phi) is 17.0. The molecule has 5 rings (SSSR count). The number of carbonyl (C=O) groups excluding carboxylic acids is 3. The molecule has 228 valence electrons. The maximum atomic E-state index is 12.5. The van der Waals surface area contributed by atoms with Crippen molar-refractivity contribution in [1.82, 2.24) is 19.9 Å². The molecule has 0 aliphatic carbocycles. The summed E-state index contributed by atoms with van der Waals surface area (Å²) in [5, 5.41) is 36.1. The average Bonchev–Trinajstić information content (AvgIpc) is 3.63. The molecule has 2 aliphatic heterocycles. The monoisotopic (exact) mass is 724 g/mol. The van der Waals surface area contributed by atoms with E-state index in [0.29, 0.717) is 40.1 Å². The van der Waals surface area contributed by atoms with Crippen LogP contribution in [0.1, 0.15) is 107 Å². The van der Waals surface area contributed by atoms with Crippen LogP contribution in [0, 0.1) is 13.8 Å². The zero-order valence-electron chi connectivity index (χ0n) is 28.9. The van der Waals surface area contributed by atoms with Gasteiger partial charge in [0.25, 0.3) is 0 Å². The summed E-state index contributed by atoms with van der Waals surface area (Å²) in [4.78, 5) is 55.4. The minimum atomic E-state index is -1.52. The van der Waals surface area contributed by atoms with E-state index in [1.807, 2.05) is 33.8 Å². The van der Waals surface area contributed by atoms with Gasteiger partial charge in [0.2, 0.25) is 0 Å². The number of rotatable bonds is 8. The second-order valence-corrected chi connectivity index (χ2v) is 11.3. The predicted octanol–water partition coefficient (Wildman–Crippen LogP) is -6.74. The summed E-state index contributed by atoms with van der Waals surface area (Å²) in [6.45, 7) is 13.3. The van der Waals surface area contributed by atoms with Gasteiger partial charge < -0.3 is 39.7 Å². The number of aromatic carboxylic acids is 1. The van der Waals surface area contributed by atoms with Gasteiger partial charge in [0.15, 0.2) is 0 Å². The van der Waals surface area contributed by atoms with E-state index >= 15 is 0 Å². The fourth-order valence-corrected chi connectivity index (χ4v) is 6.34. The van der Waals surface area contributed by atoms with Crippen molar-refractivity contribution >= 4 is 57.2 Å². The summed E-state index contributed by atoms with van der Waals surface area (Å²) in [5.41, 5.74) is 7.22. The molecule has 0 N–H and O–H groups in total. The molecule has 10 nitrogen and oxygen atoms in total.